The average molecular weight is 277 g/mol. The van der Waals surface area contributed by atoms with Crippen LogP contribution in [0.4, 0.5) is 0 Å². The molecule has 2 nitrogen and oxygen atoms in total. The maximum atomic E-state index is 12.5. The van der Waals surface area contributed by atoms with E-state index in [4.69, 9.17) is 0 Å². The van der Waals surface area contributed by atoms with Crippen LogP contribution >= 0.6 is 0 Å². The SMILES string of the molecule is CN1C=CCC(c2ccccc2)(c2ccccc2)CC1=O. The van der Waals surface area contributed by atoms with Gasteiger partial charge in [-0.2, -0.15) is 0 Å². The summed E-state index contributed by atoms with van der Waals surface area (Å²) in [7, 11) is 1.82. The quantitative estimate of drug-likeness (QED) is 0.819. The Labute approximate surface area is 125 Å². The van der Waals surface area contributed by atoms with Crippen LogP contribution < -0.4 is 0 Å². The Balaban J connectivity index is 2.16. The summed E-state index contributed by atoms with van der Waals surface area (Å²) in [4.78, 5) is 14.1. The molecule has 2 aromatic carbocycles. The minimum Gasteiger partial charge on any atom is -0.322 e. The van der Waals surface area contributed by atoms with Gasteiger partial charge in [0.1, 0.15) is 0 Å². The van der Waals surface area contributed by atoms with E-state index in [1.165, 1.54) is 11.1 Å². The van der Waals surface area contributed by atoms with Gasteiger partial charge in [0.2, 0.25) is 5.91 Å². The van der Waals surface area contributed by atoms with E-state index < -0.39 is 0 Å². The van der Waals surface area contributed by atoms with E-state index >= 15 is 0 Å². The molecule has 1 amide bonds. The van der Waals surface area contributed by atoms with Gasteiger partial charge in [-0.25, -0.2) is 0 Å². The Morgan fingerprint density at radius 1 is 0.905 bits per heavy atom. The van der Waals surface area contributed by atoms with Gasteiger partial charge in [-0.1, -0.05) is 66.7 Å². The number of hydrogen-bond donors (Lipinski definition) is 0. The van der Waals surface area contributed by atoms with Crippen molar-refractivity contribution >= 4 is 5.91 Å². The van der Waals surface area contributed by atoms with E-state index in [1.807, 2.05) is 49.6 Å². The first-order valence-corrected chi connectivity index (χ1v) is 7.26. The van der Waals surface area contributed by atoms with Crippen LogP contribution in [0.2, 0.25) is 0 Å². The molecule has 0 N–H and O–H groups in total. The number of benzene rings is 2. The molecule has 0 saturated carbocycles. The summed E-state index contributed by atoms with van der Waals surface area (Å²) >= 11 is 0. The molecule has 0 aromatic heterocycles. The number of hydrogen-bond acceptors (Lipinski definition) is 1. The molecule has 0 saturated heterocycles. The lowest BCUT2D eigenvalue weighted by atomic mass is 9.70. The number of carbonyl (C=O) groups is 1. The smallest absolute Gasteiger partial charge is 0.227 e. The third-order valence-corrected chi connectivity index (χ3v) is 4.29. The molecule has 1 heterocycles. The van der Waals surface area contributed by atoms with Crippen LogP contribution in [0.15, 0.2) is 72.9 Å². The Morgan fingerprint density at radius 2 is 1.43 bits per heavy atom. The molecule has 0 unspecified atom stereocenters. The van der Waals surface area contributed by atoms with E-state index in [1.54, 1.807) is 4.90 Å². The Hall–Kier alpha value is -2.35. The zero-order chi connectivity index (χ0) is 14.7. The Morgan fingerprint density at radius 3 is 1.95 bits per heavy atom. The topological polar surface area (TPSA) is 20.3 Å². The first-order chi connectivity index (χ1) is 10.2. The minimum absolute atomic E-state index is 0.149. The number of nitrogens with zero attached hydrogens (tertiary/aromatic N) is 1. The predicted molar refractivity (Wildman–Crippen MR) is 84.8 cm³/mol. The molecule has 2 aromatic rings. The van der Waals surface area contributed by atoms with Crippen molar-refractivity contribution < 1.29 is 4.79 Å². The fraction of sp³-hybridized carbons (Fsp3) is 0.211. The molecule has 0 aliphatic carbocycles. The lowest BCUT2D eigenvalue weighted by Crippen LogP contribution is -2.33. The van der Waals surface area contributed by atoms with E-state index in [0.29, 0.717) is 6.42 Å². The van der Waals surface area contributed by atoms with Crippen molar-refractivity contribution in [2.45, 2.75) is 18.3 Å². The molecule has 2 heteroatoms. The summed E-state index contributed by atoms with van der Waals surface area (Å²) in [6.07, 6.45) is 5.31. The molecule has 21 heavy (non-hydrogen) atoms. The van der Waals surface area contributed by atoms with Gasteiger partial charge in [0.15, 0.2) is 0 Å². The summed E-state index contributed by atoms with van der Waals surface area (Å²) in [5.74, 6) is 0.149. The molecule has 3 rings (SSSR count). The fourth-order valence-electron chi connectivity index (χ4n) is 3.07. The third-order valence-electron chi connectivity index (χ3n) is 4.29. The number of amides is 1. The molecular weight excluding hydrogens is 258 g/mol. The fourth-order valence-corrected chi connectivity index (χ4v) is 3.07. The zero-order valence-electron chi connectivity index (χ0n) is 12.2. The van der Waals surface area contributed by atoms with Crippen molar-refractivity contribution in [3.8, 4) is 0 Å². The van der Waals surface area contributed by atoms with E-state index in [-0.39, 0.29) is 11.3 Å². The molecule has 0 bridgehead atoms. The second-order valence-corrected chi connectivity index (χ2v) is 5.58. The average Bonchev–Trinajstić information content (AvgIpc) is 2.69. The second-order valence-electron chi connectivity index (χ2n) is 5.58. The van der Waals surface area contributed by atoms with Gasteiger partial charge >= 0.3 is 0 Å². The van der Waals surface area contributed by atoms with E-state index in [9.17, 15) is 4.79 Å². The number of carbonyl (C=O) groups excluding carboxylic acids is 1. The highest BCUT2D eigenvalue weighted by Gasteiger charge is 2.37. The van der Waals surface area contributed by atoms with Crippen LogP contribution in [0, 0.1) is 0 Å². The lowest BCUT2D eigenvalue weighted by molar-refractivity contribution is -0.128. The highest BCUT2D eigenvalue weighted by molar-refractivity contribution is 5.80. The van der Waals surface area contributed by atoms with Gasteiger partial charge in [0.05, 0.1) is 0 Å². The highest BCUT2D eigenvalue weighted by Crippen LogP contribution is 2.40. The van der Waals surface area contributed by atoms with Crippen LogP contribution in [0.3, 0.4) is 0 Å². The monoisotopic (exact) mass is 277 g/mol. The summed E-state index contributed by atoms with van der Waals surface area (Å²) in [6.45, 7) is 0. The van der Waals surface area contributed by atoms with Crippen LogP contribution in [-0.2, 0) is 10.2 Å². The Bertz CT molecular complexity index is 606. The predicted octanol–water partition coefficient (Wildman–Crippen LogP) is 3.74. The maximum Gasteiger partial charge on any atom is 0.227 e. The number of allylic oxidation sites excluding steroid dienone is 1. The largest absolute Gasteiger partial charge is 0.322 e. The van der Waals surface area contributed by atoms with Crippen LogP contribution in [-0.4, -0.2) is 17.9 Å². The molecule has 0 fully saturated rings. The molecule has 0 radical (unpaired) electrons. The summed E-state index contributed by atoms with van der Waals surface area (Å²) < 4.78 is 0. The summed E-state index contributed by atoms with van der Waals surface area (Å²) in [5, 5.41) is 0. The zero-order valence-corrected chi connectivity index (χ0v) is 12.2. The van der Waals surface area contributed by atoms with Crippen molar-refractivity contribution in [3.63, 3.8) is 0 Å². The van der Waals surface area contributed by atoms with Gasteiger partial charge in [0, 0.05) is 25.1 Å². The van der Waals surface area contributed by atoms with Gasteiger partial charge in [-0.05, 0) is 17.5 Å². The molecule has 106 valence electrons. The first-order valence-electron chi connectivity index (χ1n) is 7.26. The standard InChI is InChI=1S/C19H19NO/c1-20-14-8-13-19(15-18(20)21,16-9-4-2-5-10-16)17-11-6-3-7-12-17/h2-12,14H,13,15H2,1H3. The molecule has 1 aliphatic heterocycles. The van der Waals surface area contributed by atoms with Crippen LogP contribution in [0.1, 0.15) is 24.0 Å². The van der Waals surface area contributed by atoms with Crippen molar-refractivity contribution in [2.24, 2.45) is 0 Å². The lowest BCUT2D eigenvalue weighted by Gasteiger charge is -2.33. The van der Waals surface area contributed by atoms with Gasteiger partial charge < -0.3 is 4.90 Å². The van der Waals surface area contributed by atoms with E-state index in [0.717, 1.165) is 6.42 Å². The van der Waals surface area contributed by atoms with E-state index in [2.05, 4.69) is 30.3 Å². The second kappa shape index (κ2) is 5.57. The molecule has 0 atom stereocenters. The van der Waals surface area contributed by atoms with Gasteiger partial charge in [0.25, 0.3) is 0 Å². The molecule has 0 spiro atoms. The van der Waals surface area contributed by atoms with Crippen molar-refractivity contribution in [1.29, 1.82) is 0 Å². The highest BCUT2D eigenvalue weighted by atomic mass is 16.2. The Kier molecular flexibility index (Phi) is 3.61. The summed E-state index contributed by atoms with van der Waals surface area (Å²) in [6, 6.07) is 20.7. The molecular formula is C19H19NO. The normalized spacial score (nSPS) is 17.6. The molecule has 1 aliphatic rings. The van der Waals surface area contributed by atoms with Crippen molar-refractivity contribution in [2.75, 3.05) is 7.05 Å². The van der Waals surface area contributed by atoms with Crippen LogP contribution in [0.5, 0.6) is 0 Å². The maximum absolute atomic E-state index is 12.5. The number of rotatable bonds is 2. The van der Waals surface area contributed by atoms with Crippen molar-refractivity contribution in [3.05, 3.63) is 84.1 Å². The van der Waals surface area contributed by atoms with Gasteiger partial charge in [-0.15, -0.1) is 0 Å². The van der Waals surface area contributed by atoms with Gasteiger partial charge in [-0.3, -0.25) is 4.79 Å². The first kappa shape index (κ1) is 13.6. The van der Waals surface area contributed by atoms with Crippen molar-refractivity contribution in [1.82, 2.24) is 4.90 Å². The summed E-state index contributed by atoms with van der Waals surface area (Å²) in [5.41, 5.74) is 2.12. The third kappa shape index (κ3) is 2.49. The van der Waals surface area contributed by atoms with Crippen LogP contribution in [0.25, 0.3) is 0 Å². The minimum atomic E-state index is -0.277.